The summed E-state index contributed by atoms with van der Waals surface area (Å²) in [6.45, 7) is 1.59. The van der Waals surface area contributed by atoms with Gasteiger partial charge in [0, 0.05) is 22.9 Å². The first-order valence-electron chi connectivity index (χ1n) is 11.4. The SMILES string of the molecule is COc1ccc2c3c1O[C@H]1[C@@H](OC(=O)[C@@H](N)CCCCN)C=C[C@H]4[C@@H](C2)N(C)CC[C@@]341. The van der Waals surface area contributed by atoms with E-state index in [1.807, 2.05) is 12.1 Å². The first-order valence-corrected chi connectivity index (χ1v) is 11.4. The molecule has 0 unspecified atom stereocenters. The van der Waals surface area contributed by atoms with E-state index in [1.54, 1.807) is 7.11 Å². The van der Waals surface area contributed by atoms with Crippen molar-refractivity contribution in [2.45, 2.75) is 61.8 Å². The zero-order valence-electron chi connectivity index (χ0n) is 18.4. The zero-order chi connectivity index (χ0) is 21.8. The molecule has 168 valence electrons. The molecule has 1 aromatic carbocycles. The number of hydrogen-bond donors (Lipinski definition) is 2. The number of likely N-dealkylation sites (tertiary alicyclic amines) is 1. The maximum Gasteiger partial charge on any atom is 0.323 e. The first kappa shape index (κ1) is 20.8. The Labute approximate surface area is 183 Å². The highest BCUT2D eigenvalue weighted by Gasteiger charge is 2.65. The average molecular weight is 428 g/mol. The summed E-state index contributed by atoms with van der Waals surface area (Å²) in [4.78, 5) is 15.2. The molecule has 5 rings (SSSR count). The molecule has 1 saturated heterocycles. The van der Waals surface area contributed by atoms with E-state index in [4.69, 9.17) is 25.7 Å². The Balaban J connectivity index is 1.49. The number of hydrogen-bond acceptors (Lipinski definition) is 7. The smallest absolute Gasteiger partial charge is 0.323 e. The lowest BCUT2D eigenvalue weighted by Gasteiger charge is -2.56. The van der Waals surface area contributed by atoms with Crippen molar-refractivity contribution in [1.82, 2.24) is 4.90 Å². The molecule has 2 bridgehead atoms. The molecule has 1 aromatic rings. The van der Waals surface area contributed by atoms with Crippen LogP contribution >= 0.6 is 0 Å². The highest BCUT2D eigenvalue weighted by Crippen LogP contribution is 2.62. The van der Waals surface area contributed by atoms with Crippen molar-refractivity contribution < 1.29 is 19.0 Å². The highest BCUT2D eigenvalue weighted by molar-refractivity contribution is 5.76. The minimum Gasteiger partial charge on any atom is -0.493 e. The number of nitrogens with two attached hydrogens (primary N) is 2. The Kier molecular flexibility index (Phi) is 5.23. The quantitative estimate of drug-likeness (QED) is 0.386. The predicted molar refractivity (Wildman–Crippen MR) is 117 cm³/mol. The standard InChI is InChI=1S/C24H33N3O4/c1-27-12-10-24-15-7-9-19(30-23(28)16(26)5-3-4-11-25)22(24)31-21-18(29-2)8-6-14(20(21)24)13-17(15)27/h6-9,15-17,19,22H,3-5,10-13,25-26H2,1-2H3/t15-,16-,17+,19-,22-,24-/m0/s1. The van der Waals surface area contributed by atoms with Crippen LogP contribution in [-0.4, -0.2) is 62.4 Å². The van der Waals surface area contributed by atoms with Crippen LogP contribution in [0.5, 0.6) is 11.5 Å². The molecule has 4 N–H and O–H groups in total. The largest absolute Gasteiger partial charge is 0.493 e. The van der Waals surface area contributed by atoms with Gasteiger partial charge in [0.1, 0.15) is 12.1 Å². The molecule has 6 atom stereocenters. The molecule has 0 amide bonds. The lowest BCUT2D eigenvalue weighted by Crippen LogP contribution is -2.65. The molecule has 0 saturated carbocycles. The third-order valence-corrected chi connectivity index (χ3v) is 7.86. The fraction of sp³-hybridized carbons (Fsp3) is 0.625. The van der Waals surface area contributed by atoms with E-state index in [2.05, 4.69) is 24.1 Å². The topological polar surface area (TPSA) is 100 Å². The first-order chi connectivity index (χ1) is 15.0. The third-order valence-electron chi connectivity index (χ3n) is 7.86. The van der Waals surface area contributed by atoms with Crippen molar-refractivity contribution in [3.8, 4) is 11.5 Å². The number of likely N-dealkylation sites (N-methyl/N-ethyl adjacent to an activating group) is 1. The number of nitrogens with zero attached hydrogens (tertiary/aromatic N) is 1. The van der Waals surface area contributed by atoms with Gasteiger partial charge >= 0.3 is 5.97 Å². The minimum atomic E-state index is -0.638. The molecule has 2 heterocycles. The molecule has 31 heavy (non-hydrogen) atoms. The summed E-state index contributed by atoms with van der Waals surface area (Å²) >= 11 is 0. The van der Waals surface area contributed by atoms with Gasteiger partial charge in [-0.3, -0.25) is 4.79 Å². The van der Waals surface area contributed by atoms with Gasteiger partial charge in [0.2, 0.25) is 0 Å². The molecule has 0 radical (unpaired) electrons. The molecule has 4 aliphatic rings. The van der Waals surface area contributed by atoms with E-state index in [0.717, 1.165) is 43.7 Å². The average Bonchev–Trinajstić information content (AvgIpc) is 3.12. The number of methoxy groups -OCH3 is 1. The second kappa shape index (κ2) is 7.80. The van der Waals surface area contributed by atoms with Crippen LogP contribution in [0.25, 0.3) is 0 Å². The van der Waals surface area contributed by atoms with E-state index in [9.17, 15) is 4.79 Å². The maximum atomic E-state index is 12.8. The van der Waals surface area contributed by atoms with Crippen LogP contribution in [-0.2, 0) is 21.4 Å². The second-order valence-corrected chi connectivity index (χ2v) is 9.42. The van der Waals surface area contributed by atoms with Crippen molar-refractivity contribution in [3.63, 3.8) is 0 Å². The molecule has 1 fully saturated rings. The molecule has 7 nitrogen and oxygen atoms in total. The number of piperidine rings is 1. The van der Waals surface area contributed by atoms with Crippen LogP contribution in [0.2, 0.25) is 0 Å². The molecular weight excluding hydrogens is 394 g/mol. The summed E-state index contributed by atoms with van der Waals surface area (Å²) in [6, 6.07) is 3.96. The van der Waals surface area contributed by atoms with Gasteiger partial charge in [-0.25, -0.2) is 0 Å². The summed E-state index contributed by atoms with van der Waals surface area (Å²) in [5.41, 5.74) is 14.1. The van der Waals surface area contributed by atoms with Gasteiger partial charge in [-0.05, 0) is 63.5 Å². The number of esters is 1. The van der Waals surface area contributed by atoms with Crippen LogP contribution in [0.3, 0.4) is 0 Å². The molecule has 0 aromatic heterocycles. The number of benzene rings is 1. The van der Waals surface area contributed by atoms with Gasteiger partial charge in [-0.2, -0.15) is 0 Å². The predicted octanol–water partition coefficient (Wildman–Crippen LogP) is 1.51. The third kappa shape index (κ3) is 3.01. The van der Waals surface area contributed by atoms with Crippen molar-refractivity contribution in [2.24, 2.45) is 17.4 Å². The van der Waals surface area contributed by atoms with Crippen molar-refractivity contribution in [2.75, 3.05) is 27.2 Å². The Morgan fingerprint density at radius 2 is 2.19 bits per heavy atom. The Morgan fingerprint density at radius 1 is 1.35 bits per heavy atom. The summed E-state index contributed by atoms with van der Waals surface area (Å²) < 4.78 is 18.2. The van der Waals surface area contributed by atoms with Gasteiger partial charge in [0.05, 0.1) is 7.11 Å². The summed E-state index contributed by atoms with van der Waals surface area (Å²) in [5.74, 6) is 1.54. The van der Waals surface area contributed by atoms with Gasteiger partial charge in [0.15, 0.2) is 17.6 Å². The highest BCUT2D eigenvalue weighted by atomic mass is 16.6. The van der Waals surface area contributed by atoms with Crippen LogP contribution in [0.1, 0.15) is 36.8 Å². The van der Waals surface area contributed by atoms with E-state index in [1.165, 1.54) is 11.1 Å². The Hall–Kier alpha value is -2.09. The summed E-state index contributed by atoms with van der Waals surface area (Å²) in [6.07, 6.45) is 7.77. The van der Waals surface area contributed by atoms with E-state index >= 15 is 0 Å². The zero-order valence-corrected chi connectivity index (χ0v) is 18.4. The van der Waals surface area contributed by atoms with Crippen molar-refractivity contribution in [1.29, 1.82) is 0 Å². The van der Waals surface area contributed by atoms with Crippen molar-refractivity contribution in [3.05, 3.63) is 35.4 Å². The monoisotopic (exact) mass is 427 g/mol. The van der Waals surface area contributed by atoms with Gasteiger partial charge in [-0.15, -0.1) is 0 Å². The second-order valence-electron chi connectivity index (χ2n) is 9.42. The molecule has 1 spiro atoms. The summed E-state index contributed by atoms with van der Waals surface area (Å²) in [7, 11) is 3.88. The fourth-order valence-electron chi connectivity index (χ4n) is 6.32. The van der Waals surface area contributed by atoms with Crippen LogP contribution in [0.4, 0.5) is 0 Å². The molecule has 2 aliphatic heterocycles. The number of unbranched alkanes of at least 4 members (excludes halogenated alkanes) is 1. The van der Waals surface area contributed by atoms with E-state index in [-0.39, 0.29) is 17.5 Å². The Bertz CT molecular complexity index is 903. The van der Waals surface area contributed by atoms with Gasteiger partial charge in [0.25, 0.3) is 0 Å². The van der Waals surface area contributed by atoms with Gasteiger partial charge < -0.3 is 30.6 Å². The molecular formula is C24H33N3O4. The lowest BCUT2D eigenvalue weighted by molar-refractivity contribution is -0.156. The van der Waals surface area contributed by atoms with Crippen LogP contribution < -0.4 is 20.9 Å². The van der Waals surface area contributed by atoms with Crippen LogP contribution in [0.15, 0.2) is 24.3 Å². The normalized spacial score (nSPS) is 33.4. The van der Waals surface area contributed by atoms with Crippen molar-refractivity contribution >= 4 is 5.97 Å². The number of ether oxygens (including phenoxy) is 3. The van der Waals surface area contributed by atoms with Gasteiger partial charge in [-0.1, -0.05) is 18.6 Å². The Morgan fingerprint density at radius 3 is 2.97 bits per heavy atom. The van der Waals surface area contributed by atoms with E-state index in [0.29, 0.717) is 24.9 Å². The number of carbonyl (C=O) groups excluding carboxylic acids is 1. The maximum absolute atomic E-state index is 12.8. The fourth-order valence-corrected chi connectivity index (χ4v) is 6.32. The number of carbonyl (C=O) groups is 1. The number of rotatable bonds is 7. The summed E-state index contributed by atoms with van der Waals surface area (Å²) in [5, 5.41) is 0. The van der Waals surface area contributed by atoms with Crippen LogP contribution in [0, 0.1) is 5.92 Å². The minimum absolute atomic E-state index is 0.196. The van der Waals surface area contributed by atoms with E-state index < -0.39 is 12.1 Å². The molecule has 2 aliphatic carbocycles. The lowest BCUT2D eigenvalue weighted by atomic mass is 9.53. The molecule has 7 heteroatoms.